The lowest BCUT2D eigenvalue weighted by Gasteiger charge is -2.39. The van der Waals surface area contributed by atoms with Crippen LogP contribution in [0.5, 0.6) is 0 Å². The van der Waals surface area contributed by atoms with Crippen molar-refractivity contribution < 1.29 is 13.2 Å². The van der Waals surface area contributed by atoms with Crippen LogP contribution in [-0.2, 0) is 16.3 Å². The lowest BCUT2D eigenvalue weighted by Crippen LogP contribution is -2.57. The SMILES string of the molecule is CN=C(NCCc1cccc(C(=O)N(C)C)c1)N1CCS(=O)(=O)C(C)(C)C1. The molecule has 7 nitrogen and oxygen atoms in total. The van der Waals surface area contributed by atoms with Crippen LogP contribution in [0.1, 0.15) is 29.8 Å². The Morgan fingerprint density at radius 2 is 2.04 bits per heavy atom. The number of amides is 1. The summed E-state index contributed by atoms with van der Waals surface area (Å²) in [5.74, 6) is 0.825. The number of aliphatic imine (C=N–C) groups is 1. The number of sulfone groups is 1. The summed E-state index contributed by atoms with van der Waals surface area (Å²) in [6, 6.07) is 7.60. The van der Waals surface area contributed by atoms with E-state index in [1.54, 1.807) is 39.9 Å². The predicted octanol–water partition coefficient (Wildman–Crippen LogP) is 1.02. The maximum Gasteiger partial charge on any atom is 0.253 e. The van der Waals surface area contributed by atoms with Crippen molar-refractivity contribution in [3.8, 4) is 0 Å². The number of carbonyl (C=O) groups is 1. The molecule has 0 atom stereocenters. The quantitative estimate of drug-likeness (QED) is 0.609. The first-order chi connectivity index (χ1) is 12.6. The van der Waals surface area contributed by atoms with Crippen LogP contribution >= 0.6 is 0 Å². The van der Waals surface area contributed by atoms with Crippen LogP contribution in [-0.4, -0.2) is 81.4 Å². The number of rotatable bonds is 4. The number of nitrogens with one attached hydrogen (secondary N) is 1. The molecule has 0 unspecified atom stereocenters. The zero-order valence-corrected chi connectivity index (χ0v) is 17.6. The zero-order valence-electron chi connectivity index (χ0n) is 16.8. The minimum Gasteiger partial charge on any atom is -0.356 e. The van der Waals surface area contributed by atoms with E-state index in [2.05, 4.69) is 10.3 Å². The number of nitrogens with zero attached hydrogens (tertiary/aromatic N) is 3. The van der Waals surface area contributed by atoms with Crippen molar-refractivity contribution in [1.29, 1.82) is 0 Å². The lowest BCUT2D eigenvalue weighted by atomic mass is 10.1. The van der Waals surface area contributed by atoms with E-state index in [4.69, 9.17) is 0 Å². The maximum absolute atomic E-state index is 12.2. The van der Waals surface area contributed by atoms with Gasteiger partial charge in [-0.1, -0.05) is 12.1 Å². The van der Waals surface area contributed by atoms with E-state index < -0.39 is 14.6 Å². The van der Waals surface area contributed by atoms with Gasteiger partial charge in [0.15, 0.2) is 15.8 Å². The van der Waals surface area contributed by atoms with Crippen LogP contribution in [0.3, 0.4) is 0 Å². The average Bonchev–Trinajstić information content (AvgIpc) is 2.61. The molecule has 2 rings (SSSR count). The van der Waals surface area contributed by atoms with Crippen LogP contribution in [0.2, 0.25) is 0 Å². The van der Waals surface area contributed by atoms with Crippen molar-refractivity contribution in [2.45, 2.75) is 25.0 Å². The second-order valence-electron chi connectivity index (χ2n) is 7.62. The van der Waals surface area contributed by atoms with Crippen molar-refractivity contribution >= 4 is 21.7 Å². The van der Waals surface area contributed by atoms with Gasteiger partial charge in [0.25, 0.3) is 5.91 Å². The molecule has 0 aromatic heterocycles. The predicted molar refractivity (Wildman–Crippen MR) is 109 cm³/mol. The number of hydrogen-bond donors (Lipinski definition) is 1. The Labute approximate surface area is 162 Å². The molecular weight excluding hydrogens is 364 g/mol. The molecule has 1 fully saturated rings. The van der Waals surface area contributed by atoms with Crippen molar-refractivity contribution in [3.63, 3.8) is 0 Å². The van der Waals surface area contributed by atoms with E-state index in [0.29, 0.717) is 31.2 Å². The summed E-state index contributed by atoms with van der Waals surface area (Å²) in [6.45, 7) is 5.03. The average molecular weight is 395 g/mol. The van der Waals surface area contributed by atoms with Crippen molar-refractivity contribution in [2.75, 3.05) is 46.5 Å². The first-order valence-corrected chi connectivity index (χ1v) is 10.7. The normalized spacial score (nSPS) is 18.9. The standard InChI is InChI=1S/C19H30N4O3S/c1-19(2)14-23(11-12-27(19,25)26)18(20-3)21-10-9-15-7-6-8-16(13-15)17(24)22(4)5/h6-8,13H,9-12,14H2,1-5H3,(H,20,21). The van der Waals surface area contributed by atoms with E-state index in [1.165, 1.54) is 0 Å². The largest absolute Gasteiger partial charge is 0.356 e. The van der Waals surface area contributed by atoms with Gasteiger partial charge >= 0.3 is 0 Å². The van der Waals surface area contributed by atoms with Crippen molar-refractivity contribution in [1.82, 2.24) is 15.1 Å². The molecule has 1 aromatic rings. The minimum absolute atomic E-state index is 0.0163. The first kappa shape index (κ1) is 21.2. The molecule has 1 aromatic carbocycles. The summed E-state index contributed by atoms with van der Waals surface area (Å²) in [4.78, 5) is 19.9. The molecular formula is C19H30N4O3S. The maximum atomic E-state index is 12.2. The van der Waals surface area contributed by atoms with Gasteiger partial charge in [-0.05, 0) is 38.0 Å². The van der Waals surface area contributed by atoms with Crippen LogP contribution in [0.4, 0.5) is 0 Å². The molecule has 0 aliphatic carbocycles. The molecule has 1 saturated heterocycles. The summed E-state index contributed by atoms with van der Waals surface area (Å²) >= 11 is 0. The zero-order chi connectivity index (χ0) is 20.2. The van der Waals surface area contributed by atoms with Gasteiger partial charge in [-0.3, -0.25) is 9.79 Å². The Kier molecular flexibility index (Phi) is 6.51. The molecule has 1 heterocycles. The van der Waals surface area contributed by atoms with E-state index in [9.17, 15) is 13.2 Å². The number of benzene rings is 1. The van der Waals surface area contributed by atoms with Gasteiger partial charge in [-0.25, -0.2) is 8.42 Å². The first-order valence-electron chi connectivity index (χ1n) is 9.06. The molecule has 0 saturated carbocycles. The lowest BCUT2D eigenvalue weighted by molar-refractivity contribution is 0.0827. The molecule has 0 spiro atoms. The molecule has 1 N–H and O–H groups in total. The van der Waals surface area contributed by atoms with E-state index in [-0.39, 0.29) is 11.7 Å². The summed E-state index contributed by atoms with van der Waals surface area (Å²) < 4.78 is 23.6. The summed E-state index contributed by atoms with van der Waals surface area (Å²) in [6.07, 6.45) is 0.739. The summed E-state index contributed by atoms with van der Waals surface area (Å²) in [5.41, 5.74) is 1.73. The van der Waals surface area contributed by atoms with E-state index >= 15 is 0 Å². The highest BCUT2D eigenvalue weighted by molar-refractivity contribution is 7.92. The van der Waals surface area contributed by atoms with E-state index in [0.717, 1.165) is 12.0 Å². The third-order valence-corrected chi connectivity index (χ3v) is 7.36. The number of carbonyl (C=O) groups excluding carboxylic acids is 1. The topological polar surface area (TPSA) is 82.1 Å². The highest BCUT2D eigenvalue weighted by Crippen LogP contribution is 2.23. The minimum atomic E-state index is -3.08. The van der Waals surface area contributed by atoms with Gasteiger partial charge in [0.1, 0.15) is 0 Å². The van der Waals surface area contributed by atoms with Crippen LogP contribution in [0, 0.1) is 0 Å². The molecule has 150 valence electrons. The highest BCUT2D eigenvalue weighted by atomic mass is 32.2. The molecule has 0 bridgehead atoms. The Morgan fingerprint density at radius 3 is 2.63 bits per heavy atom. The number of hydrogen-bond acceptors (Lipinski definition) is 4. The third-order valence-electron chi connectivity index (χ3n) is 4.83. The molecule has 1 aliphatic rings. The van der Waals surface area contributed by atoms with Gasteiger partial charge in [0.05, 0.1) is 10.5 Å². The fourth-order valence-electron chi connectivity index (χ4n) is 3.09. The second-order valence-corrected chi connectivity index (χ2v) is 10.4. The molecule has 8 heteroatoms. The molecule has 0 radical (unpaired) electrons. The van der Waals surface area contributed by atoms with Crippen LogP contribution in [0.25, 0.3) is 0 Å². The molecule has 27 heavy (non-hydrogen) atoms. The van der Waals surface area contributed by atoms with Gasteiger partial charge in [-0.15, -0.1) is 0 Å². The fraction of sp³-hybridized carbons (Fsp3) is 0.579. The second kappa shape index (κ2) is 8.29. The van der Waals surface area contributed by atoms with Gasteiger partial charge in [0, 0.05) is 46.3 Å². The highest BCUT2D eigenvalue weighted by Gasteiger charge is 2.40. The monoisotopic (exact) mass is 394 g/mol. The van der Waals surface area contributed by atoms with Crippen LogP contribution in [0.15, 0.2) is 29.3 Å². The Hall–Kier alpha value is -2.09. The van der Waals surface area contributed by atoms with Crippen molar-refractivity contribution in [3.05, 3.63) is 35.4 Å². The Balaban J connectivity index is 1.96. The Morgan fingerprint density at radius 1 is 1.33 bits per heavy atom. The third kappa shape index (κ3) is 5.00. The molecule has 1 aliphatic heterocycles. The fourth-order valence-corrected chi connectivity index (χ4v) is 4.46. The van der Waals surface area contributed by atoms with E-state index in [1.807, 2.05) is 29.2 Å². The smallest absolute Gasteiger partial charge is 0.253 e. The molecule has 1 amide bonds. The van der Waals surface area contributed by atoms with Gasteiger partial charge in [0.2, 0.25) is 0 Å². The van der Waals surface area contributed by atoms with Crippen LogP contribution < -0.4 is 5.32 Å². The summed E-state index contributed by atoms with van der Waals surface area (Å²) in [7, 11) is 2.10. The summed E-state index contributed by atoms with van der Waals surface area (Å²) in [5, 5.41) is 3.31. The van der Waals surface area contributed by atoms with Crippen molar-refractivity contribution in [2.24, 2.45) is 4.99 Å². The van der Waals surface area contributed by atoms with Gasteiger partial charge in [-0.2, -0.15) is 0 Å². The Bertz CT molecular complexity index is 816. The van der Waals surface area contributed by atoms with Gasteiger partial charge < -0.3 is 15.1 Å². The number of guanidine groups is 1.